The van der Waals surface area contributed by atoms with Gasteiger partial charge in [0.2, 0.25) is 0 Å². The fraction of sp³-hybridized carbons (Fsp3) is 0.500. The fourth-order valence-electron chi connectivity index (χ4n) is 1.97. The highest BCUT2D eigenvalue weighted by Gasteiger charge is 2.21. The molecule has 1 saturated heterocycles. The predicted molar refractivity (Wildman–Crippen MR) is 86.0 cm³/mol. The molecule has 0 aromatic rings. The first kappa shape index (κ1) is 21.3. The molecule has 1 aliphatic heterocycles. The van der Waals surface area contributed by atoms with E-state index in [0.29, 0.717) is 32.4 Å². The summed E-state index contributed by atoms with van der Waals surface area (Å²) in [5.41, 5.74) is 0. The molecule has 10 nitrogen and oxygen atoms in total. The average molecular weight is 371 g/mol. The van der Waals surface area contributed by atoms with Gasteiger partial charge in [-0.1, -0.05) is 0 Å². The number of hydrogen-bond acceptors (Lipinski definition) is 9. The molecule has 0 radical (unpaired) electrons. The zero-order valence-electron chi connectivity index (χ0n) is 14.3. The van der Waals surface area contributed by atoms with Crippen LogP contribution >= 0.6 is 0 Å². The molecule has 1 N–H and O–H groups in total. The number of rotatable bonds is 9. The molecule has 1 rings (SSSR count). The SMILES string of the molecule is COC(=O)C=CC(=O)OC(COC(=O)C=CC(=O)O)CN1CCOCC1. The molecule has 1 fully saturated rings. The highest BCUT2D eigenvalue weighted by molar-refractivity contribution is 5.92. The summed E-state index contributed by atoms with van der Waals surface area (Å²) in [6.45, 7) is 2.33. The van der Waals surface area contributed by atoms with Gasteiger partial charge in [0, 0.05) is 43.9 Å². The van der Waals surface area contributed by atoms with Crippen molar-refractivity contribution in [2.24, 2.45) is 0 Å². The van der Waals surface area contributed by atoms with Crippen molar-refractivity contribution in [3.63, 3.8) is 0 Å². The number of carbonyl (C=O) groups excluding carboxylic acids is 3. The molecule has 1 aliphatic rings. The lowest BCUT2D eigenvalue weighted by Crippen LogP contribution is -2.43. The Balaban J connectivity index is 2.60. The number of morpholine rings is 1. The van der Waals surface area contributed by atoms with Crippen LogP contribution in [0.2, 0.25) is 0 Å². The van der Waals surface area contributed by atoms with Crippen LogP contribution in [0.1, 0.15) is 0 Å². The summed E-state index contributed by atoms with van der Waals surface area (Å²) < 4.78 is 19.7. The second kappa shape index (κ2) is 11.8. The summed E-state index contributed by atoms with van der Waals surface area (Å²) in [4.78, 5) is 46.6. The van der Waals surface area contributed by atoms with E-state index < -0.39 is 30.0 Å². The van der Waals surface area contributed by atoms with Gasteiger partial charge >= 0.3 is 23.9 Å². The standard InChI is InChI=1S/C16H21NO9/c1-23-14(20)4-5-16(22)26-12(10-17-6-8-24-9-7-17)11-25-15(21)3-2-13(18)19/h2-5,12H,6-11H2,1H3,(H,18,19). The summed E-state index contributed by atoms with van der Waals surface area (Å²) in [6.07, 6.45) is 2.42. The summed E-state index contributed by atoms with van der Waals surface area (Å²) in [7, 11) is 1.17. The average Bonchev–Trinajstić information content (AvgIpc) is 2.63. The van der Waals surface area contributed by atoms with E-state index in [1.807, 2.05) is 4.90 Å². The number of carbonyl (C=O) groups is 4. The van der Waals surface area contributed by atoms with Crippen LogP contribution in [0.3, 0.4) is 0 Å². The number of carboxylic acids is 1. The number of aliphatic carboxylic acids is 1. The molecule has 0 amide bonds. The van der Waals surface area contributed by atoms with Gasteiger partial charge < -0.3 is 24.1 Å². The van der Waals surface area contributed by atoms with Crippen LogP contribution in [-0.4, -0.2) is 86.6 Å². The Bertz CT molecular complexity index is 564. The molecule has 10 heteroatoms. The first-order valence-corrected chi connectivity index (χ1v) is 7.75. The number of hydrogen-bond donors (Lipinski definition) is 1. The van der Waals surface area contributed by atoms with Crippen LogP contribution in [-0.2, 0) is 38.1 Å². The van der Waals surface area contributed by atoms with Crippen LogP contribution in [0.5, 0.6) is 0 Å². The Labute approximate surface area is 149 Å². The molecule has 26 heavy (non-hydrogen) atoms. The third-order valence-corrected chi connectivity index (χ3v) is 3.18. The minimum absolute atomic E-state index is 0.266. The molecule has 0 aromatic carbocycles. The zero-order chi connectivity index (χ0) is 19.4. The van der Waals surface area contributed by atoms with Crippen LogP contribution in [0.25, 0.3) is 0 Å². The highest BCUT2D eigenvalue weighted by Crippen LogP contribution is 2.04. The largest absolute Gasteiger partial charge is 0.478 e. The van der Waals surface area contributed by atoms with Gasteiger partial charge in [-0.15, -0.1) is 0 Å². The highest BCUT2D eigenvalue weighted by atomic mass is 16.6. The lowest BCUT2D eigenvalue weighted by molar-refractivity contribution is -0.154. The van der Waals surface area contributed by atoms with Crippen molar-refractivity contribution in [3.8, 4) is 0 Å². The van der Waals surface area contributed by atoms with Crippen molar-refractivity contribution in [2.75, 3.05) is 46.6 Å². The third-order valence-electron chi connectivity index (χ3n) is 3.18. The van der Waals surface area contributed by atoms with Gasteiger partial charge in [-0.2, -0.15) is 0 Å². The molecule has 0 saturated carbocycles. The Hall–Kier alpha value is -2.72. The maximum absolute atomic E-state index is 11.8. The van der Waals surface area contributed by atoms with Crippen molar-refractivity contribution in [2.45, 2.75) is 6.10 Å². The second-order valence-corrected chi connectivity index (χ2v) is 5.13. The van der Waals surface area contributed by atoms with Gasteiger partial charge in [-0.3, -0.25) is 4.90 Å². The van der Waals surface area contributed by atoms with Crippen LogP contribution in [0, 0.1) is 0 Å². The second-order valence-electron chi connectivity index (χ2n) is 5.13. The van der Waals surface area contributed by atoms with Gasteiger partial charge in [0.1, 0.15) is 12.7 Å². The normalized spacial score (nSPS) is 16.3. The van der Waals surface area contributed by atoms with Crippen LogP contribution in [0.4, 0.5) is 0 Å². The lowest BCUT2D eigenvalue weighted by atomic mass is 10.3. The Morgan fingerprint density at radius 3 is 2.27 bits per heavy atom. The number of nitrogens with zero attached hydrogens (tertiary/aromatic N) is 1. The molecular formula is C16H21NO9. The quantitative estimate of drug-likeness (QED) is 0.311. The smallest absolute Gasteiger partial charge is 0.331 e. The molecular weight excluding hydrogens is 350 g/mol. The van der Waals surface area contributed by atoms with Crippen molar-refractivity contribution in [1.29, 1.82) is 0 Å². The number of esters is 3. The lowest BCUT2D eigenvalue weighted by Gasteiger charge is -2.29. The molecule has 1 heterocycles. The summed E-state index contributed by atoms with van der Waals surface area (Å²) in [5, 5.41) is 8.47. The molecule has 144 valence electrons. The van der Waals surface area contributed by atoms with Crippen molar-refractivity contribution < 1.29 is 43.2 Å². The molecule has 0 aliphatic carbocycles. The summed E-state index contributed by atoms with van der Waals surface area (Å²) in [6, 6.07) is 0. The fourth-order valence-corrected chi connectivity index (χ4v) is 1.97. The van der Waals surface area contributed by atoms with E-state index in [9.17, 15) is 19.2 Å². The van der Waals surface area contributed by atoms with Gasteiger partial charge in [0.05, 0.1) is 20.3 Å². The first-order chi connectivity index (χ1) is 12.4. The summed E-state index contributed by atoms with van der Waals surface area (Å²) >= 11 is 0. The Morgan fingerprint density at radius 1 is 1.04 bits per heavy atom. The van der Waals surface area contributed by atoms with Gasteiger partial charge in [0.25, 0.3) is 0 Å². The molecule has 1 unspecified atom stereocenters. The van der Waals surface area contributed by atoms with E-state index in [2.05, 4.69) is 4.74 Å². The third kappa shape index (κ3) is 9.55. The van der Waals surface area contributed by atoms with E-state index in [-0.39, 0.29) is 13.2 Å². The van der Waals surface area contributed by atoms with E-state index in [1.165, 1.54) is 7.11 Å². The van der Waals surface area contributed by atoms with Crippen molar-refractivity contribution >= 4 is 23.9 Å². The predicted octanol–water partition coefficient (Wildman–Crippen LogP) is -0.856. The van der Waals surface area contributed by atoms with Crippen molar-refractivity contribution in [3.05, 3.63) is 24.3 Å². The minimum Gasteiger partial charge on any atom is -0.478 e. The molecule has 0 aromatic heterocycles. The van der Waals surface area contributed by atoms with Gasteiger partial charge in [-0.05, 0) is 0 Å². The maximum Gasteiger partial charge on any atom is 0.331 e. The number of ether oxygens (including phenoxy) is 4. The van der Waals surface area contributed by atoms with Crippen molar-refractivity contribution in [1.82, 2.24) is 4.90 Å². The van der Waals surface area contributed by atoms with E-state index >= 15 is 0 Å². The Morgan fingerprint density at radius 2 is 1.65 bits per heavy atom. The maximum atomic E-state index is 11.8. The minimum atomic E-state index is -1.29. The van der Waals surface area contributed by atoms with Crippen LogP contribution < -0.4 is 0 Å². The van der Waals surface area contributed by atoms with E-state index in [1.54, 1.807) is 0 Å². The van der Waals surface area contributed by atoms with Gasteiger partial charge in [-0.25, -0.2) is 19.2 Å². The van der Waals surface area contributed by atoms with Gasteiger partial charge in [0.15, 0.2) is 0 Å². The molecule has 0 bridgehead atoms. The zero-order valence-corrected chi connectivity index (χ0v) is 14.3. The number of methoxy groups -OCH3 is 1. The van der Waals surface area contributed by atoms with Crippen LogP contribution in [0.15, 0.2) is 24.3 Å². The molecule has 1 atom stereocenters. The van der Waals surface area contributed by atoms with E-state index in [0.717, 1.165) is 18.2 Å². The monoisotopic (exact) mass is 371 g/mol. The first-order valence-electron chi connectivity index (χ1n) is 7.75. The molecule has 0 spiro atoms. The summed E-state index contributed by atoms with van der Waals surface area (Å²) in [5.74, 6) is -3.67. The number of carboxylic acid groups (broad SMARTS) is 1. The van der Waals surface area contributed by atoms with E-state index in [4.69, 9.17) is 19.3 Å². The topological polar surface area (TPSA) is 129 Å². The Kier molecular flexibility index (Phi) is 9.65.